The van der Waals surface area contributed by atoms with Crippen molar-refractivity contribution >= 4 is 22.9 Å². The molecule has 0 unspecified atom stereocenters. The van der Waals surface area contributed by atoms with E-state index in [2.05, 4.69) is 38.2 Å². The number of benzene rings is 2. The van der Waals surface area contributed by atoms with E-state index in [0.717, 1.165) is 33.9 Å². The Labute approximate surface area is 163 Å². The Bertz CT molecular complexity index is 921. The molecule has 0 saturated carbocycles. The first kappa shape index (κ1) is 19.0. The molecule has 1 heterocycles. The Morgan fingerprint density at radius 3 is 2.33 bits per heavy atom. The van der Waals surface area contributed by atoms with Crippen molar-refractivity contribution in [1.82, 2.24) is 0 Å². The summed E-state index contributed by atoms with van der Waals surface area (Å²) in [4.78, 5) is 13.1. The molecule has 3 aromatic rings. The number of hydrogen-bond acceptors (Lipinski definition) is 4. The zero-order valence-electron chi connectivity index (χ0n) is 16.0. The lowest BCUT2D eigenvalue weighted by Gasteiger charge is -2.12. The summed E-state index contributed by atoms with van der Waals surface area (Å²) < 4.78 is 11.1. The number of hydrogen-bond donors (Lipinski definition) is 1. The number of thiophene rings is 1. The van der Waals surface area contributed by atoms with Crippen molar-refractivity contribution in [2.24, 2.45) is 0 Å². The molecule has 27 heavy (non-hydrogen) atoms. The monoisotopic (exact) mass is 381 g/mol. The van der Waals surface area contributed by atoms with Gasteiger partial charge in [-0.3, -0.25) is 4.79 Å². The largest absolute Gasteiger partial charge is 0.497 e. The van der Waals surface area contributed by atoms with Crippen LogP contribution in [0.5, 0.6) is 11.5 Å². The number of rotatable bonds is 6. The minimum Gasteiger partial charge on any atom is -0.497 e. The molecule has 0 aliphatic carbocycles. The molecular formula is C22H23NO3S. The minimum absolute atomic E-state index is 0.126. The molecular weight excluding hydrogens is 358 g/mol. The number of amides is 1. The Morgan fingerprint density at radius 2 is 1.70 bits per heavy atom. The number of methoxy groups -OCH3 is 1. The molecule has 0 bridgehead atoms. The number of ether oxygens (including phenoxy) is 2. The van der Waals surface area contributed by atoms with Gasteiger partial charge in [0, 0.05) is 11.3 Å². The fourth-order valence-corrected chi connectivity index (χ4v) is 3.78. The van der Waals surface area contributed by atoms with Gasteiger partial charge in [-0.1, -0.05) is 17.7 Å². The molecule has 0 spiro atoms. The first-order valence-electron chi connectivity index (χ1n) is 8.69. The van der Waals surface area contributed by atoms with Crippen molar-refractivity contribution < 1.29 is 14.3 Å². The molecule has 0 saturated heterocycles. The summed E-state index contributed by atoms with van der Waals surface area (Å²) in [5.74, 6) is 1.54. The molecule has 0 aliphatic heterocycles. The second kappa shape index (κ2) is 8.27. The Kier molecular flexibility index (Phi) is 5.81. The molecule has 5 heteroatoms. The van der Waals surface area contributed by atoms with Gasteiger partial charge in [-0.2, -0.15) is 0 Å². The van der Waals surface area contributed by atoms with Crippen LogP contribution in [0.3, 0.4) is 0 Å². The number of carbonyl (C=O) groups excluding carboxylic acids is 1. The van der Waals surface area contributed by atoms with Crippen LogP contribution in [0.1, 0.15) is 31.9 Å². The molecule has 0 atom stereocenters. The van der Waals surface area contributed by atoms with Crippen LogP contribution in [0.15, 0.2) is 47.8 Å². The van der Waals surface area contributed by atoms with Crippen LogP contribution >= 0.6 is 11.3 Å². The third kappa shape index (κ3) is 4.68. The van der Waals surface area contributed by atoms with Crippen LogP contribution in [0, 0.1) is 20.8 Å². The van der Waals surface area contributed by atoms with E-state index in [1.807, 2.05) is 35.7 Å². The minimum atomic E-state index is -0.126. The van der Waals surface area contributed by atoms with Crippen LogP contribution < -0.4 is 14.8 Å². The van der Waals surface area contributed by atoms with E-state index in [1.165, 1.54) is 16.9 Å². The van der Waals surface area contributed by atoms with Crippen molar-refractivity contribution in [2.45, 2.75) is 27.4 Å². The van der Waals surface area contributed by atoms with Crippen LogP contribution in [0.4, 0.5) is 5.69 Å². The van der Waals surface area contributed by atoms with Gasteiger partial charge in [0.2, 0.25) is 0 Å². The van der Waals surface area contributed by atoms with Crippen molar-refractivity contribution in [2.75, 3.05) is 12.4 Å². The van der Waals surface area contributed by atoms with E-state index in [9.17, 15) is 4.79 Å². The van der Waals surface area contributed by atoms with E-state index in [4.69, 9.17) is 9.47 Å². The molecule has 3 rings (SSSR count). The lowest BCUT2D eigenvalue weighted by molar-refractivity contribution is 0.103. The molecule has 1 N–H and O–H groups in total. The molecule has 1 aromatic heterocycles. The van der Waals surface area contributed by atoms with Gasteiger partial charge >= 0.3 is 0 Å². The standard InChI is InChI=1S/C22H23NO3S/c1-14-9-15(2)21(16(3)10-14)26-12-17-11-20(27-13-17)22(24)23-18-5-7-19(25-4)8-6-18/h5-11,13H,12H2,1-4H3,(H,23,24). The highest BCUT2D eigenvalue weighted by molar-refractivity contribution is 7.12. The van der Waals surface area contributed by atoms with Crippen molar-refractivity contribution in [3.63, 3.8) is 0 Å². The first-order chi connectivity index (χ1) is 13.0. The molecule has 140 valence electrons. The van der Waals surface area contributed by atoms with Crippen LogP contribution in [-0.2, 0) is 6.61 Å². The highest BCUT2D eigenvalue weighted by atomic mass is 32.1. The smallest absolute Gasteiger partial charge is 0.265 e. The lowest BCUT2D eigenvalue weighted by atomic mass is 10.1. The molecule has 0 fully saturated rings. The van der Waals surface area contributed by atoms with Gasteiger partial charge in [-0.15, -0.1) is 11.3 Å². The van der Waals surface area contributed by atoms with E-state index in [-0.39, 0.29) is 5.91 Å². The third-order valence-corrected chi connectivity index (χ3v) is 5.19. The Balaban J connectivity index is 1.63. The quantitative estimate of drug-likeness (QED) is 0.612. The van der Waals surface area contributed by atoms with E-state index in [1.54, 1.807) is 7.11 Å². The fourth-order valence-electron chi connectivity index (χ4n) is 2.99. The summed E-state index contributed by atoms with van der Waals surface area (Å²) in [6.07, 6.45) is 0. The first-order valence-corrected chi connectivity index (χ1v) is 9.57. The number of nitrogens with one attached hydrogen (secondary N) is 1. The summed E-state index contributed by atoms with van der Waals surface area (Å²) >= 11 is 1.41. The number of anilines is 1. The normalized spacial score (nSPS) is 10.5. The van der Waals surface area contributed by atoms with Gasteiger partial charge in [0.25, 0.3) is 5.91 Å². The van der Waals surface area contributed by atoms with Crippen molar-refractivity contribution in [3.8, 4) is 11.5 Å². The topological polar surface area (TPSA) is 47.6 Å². The van der Waals surface area contributed by atoms with Gasteiger partial charge in [0.1, 0.15) is 18.1 Å². The summed E-state index contributed by atoms with van der Waals surface area (Å²) in [6.45, 7) is 6.63. The summed E-state index contributed by atoms with van der Waals surface area (Å²) in [6, 6.07) is 13.4. The van der Waals surface area contributed by atoms with Gasteiger partial charge in [-0.05, 0) is 67.6 Å². The Hall–Kier alpha value is -2.79. The molecule has 1 amide bonds. The molecule has 0 aliphatic rings. The second-order valence-corrected chi connectivity index (χ2v) is 7.43. The maximum Gasteiger partial charge on any atom is 0.265 e. The summed E-state index contributed by atoms with van der Waals surface area (Å²) in [5.41, 5.74) is 5.20. The predicted octanol–water partition coefficient (Wildman–Crippen LogP) is 5.51. The third-order valence-electron chi connectivity index (χ3n) is 4.21. The van der Waals surface area contributed by atoms with E-state index in [0.29, 0.717) is 11.5 Å². The van der Waals surface area contributed by atoms with Crippen molar-refractivity contribution in [3.05, 3.63) is 75.0 Å². The molecule has 0 radical (unpaired) electrons. The van der Waals surface area contributed by atoms with Crippen LogP contribution in [-0.4, -0.2) is 13.0 Å². The highest BCUT2D eigenvalue weighted by Crippen LogP contribution is 2.26. The predicted molar refractivity (Wildman–Crippen MR) is 110 cm³/mol. The van der Waals surface area contributed by atoms with E-state index >= 15 is 0 Å². The van der Waals surface area contributed by atoms with Crippen molar-refractivity contribution in [1.29, 1.82) is 0 Å². The fraction of sp³-hybridized carbons (Fsp3) is 0.227. The summed E-state index contributed by atoms with van der Waals surface area (Å²) in [5, 5.41) is 4.86. The number of aryl methyl sites for hydroxylation is 3. The lowest BCUT2D eigenvalue weighted by Crippen LogP contribution is -2.10. The maximum atomic E-state index is 12.4. The molecule has 2 aromatic carbocycles. The zero-order valence-corrected chi connectivity index (χ0v) is 16.8. The second-order valence-electron chi connectivity index (χ2n) is 6.52. The average molecular weight is 381 g/mol. The SMILES string of the molecule is COc1ccc(NC(=O)c2cc(COc3c(C)cc(C)cc3C)cs2)cc1. The Morgan fingerprint density at radius 1 is 1.04 bits per heavy atom. The van der Waals surface area contributed by atoms with Gasteiger partial charge in [0.15, 0.2) is 0 Å². The molecule has 4 nitrogen and oxygen atoms in total. The van der Waals surface area contributed by atoms with Crippen LogP contribution in [0.25, 0.3) is 0 Å². The van der Waals surface area contributed by atoms with Crippen LogP contribution in [0.2, 0.25) is 0 Å². The maximum absolute atomic E-state index is 12.4. The van der Waals surface area contributed by atoms with Gasteiger partial charge in [-0.25, -0.2) is 0 Å². The number of carbonyl (C=O) groups is 1. The average Bonchev–Trinajstić information content (AvgIpc) is 3.10. The van der Waals surface area contributed by atoms with E-state index < -0.39 is 0 Å². The highest BCUT2D eigenvalue weighted by Gasteiger charge is 2.11. The van der Waals surface area contributed by atoms with Gasteiger partial charge in [0.05, 0.1) is 12.0 Å². The van der Waals surface area contributed by atoms with Gasteiger partial charge < -0.3 is 14.8 Å². The zero-order chi connectivity index (χ0) is 19.4. The summed E-state index contributed by atoms with van der Waals surface area (Å²) in [7, 11) is 1.61.